The first-order valence-corrected chi connectivity index (χ1v) is 6.34. The van der Waals surface area contributed by atoms with Crippen molar-refractivity contribution in [3.05, 3.63) is 16.6 Å². The molecule has 6 heteroatoms. The normalized spacial score (nSPS) is 12.4. The van der Waals surface area contributed by atoms with Gasteiger partial charge in [0.15, 0.2) is 0 Å². The highest BCUT2D eigenvalue weighted by molar-refractivity contribution is 7.07. The topological polar surface area (TPSA) is 79.3 Å². The fourth-order valence-electron chi connectivity index (χ4n) is 1.36. The molecule has 1 heterocycles. The van der Waals surface area contributed by atoms with E-state index in [9.17, 15) is 9.59 Å². The lowest BCUT2D eigenvalue weighted by Gasteiger charge is -2.17. The van der Waals surface area contributed by atoms with Gasteiger partial charge in [-0.15, -0.1) is 11.3 Å². The first kappa shape index (κ1) is 13.6. The zero-order valence-corrected chi connectivity index (χ0v) is 10.7. The van der Waals surface area contributed by atoms with E-state index < -0.39 is 12.0 Å². The van der Waals surface area contributed by atoms with E-state index in [-0.39, 0.29) is 18.2 Å². The zero-order chi connectivity index (χ0) is 12.8. The van der Waals surface area contributed by atoms with Crippen LogP contribution in [0, 0.1) is 5.92 Å². The highest BCUT2D eigenvalue weighted by Gasteiger charge is 2.23. The largest absolute Gasteiger partial charge is 0.480 e. The van der Waals surface area contributed by atoms with Gasteiger partial charge in [0, 0.05) is 11.8 Å². The highest BCUT2D eigenvalue weighted by atomic mass is 32.1. The van der Waals surface area contributed by atoms with Gasteiger partial charge < -0.3 is 10.4 Å². The van der Waals surface area contributed by atoms with Crippen LogP contribution in [0.1, 0.15) is 26.0 Å². The molecule has 0 radical (unpaired) electrons. The number of carbonyl (C=O) groups is 2. The van der Waals surface area contributed by atoms with E-state index in [4.69, 9.17) is 5.11 Å². The summed E-state index contributed by atoms with van der Waals surface area (Å²) in [6.07, 6.45) is 0.806. The molecule has 0 aromatic carbocycles. The van der Waals surface area contributed by atoms with Crippen LogP contribution >= 0.6 is 11.3 Å². The molecule has 94 valence electrons. The van der Waals surface area contributed by atoms with Gasteiger partial charge in [0.2, 0.25) is 5.91 Å². The van der Waals surface area contributed by atoms with Crippen molar-refractivity contribution in [2.75, 3.05) is 0 Å². The molecule has 1 aromatic rings. The van der Waals surface area contributed by atoms with Crippen molar-refractivity contribution in [1.29, 1.82) is 0 Å². The van der Waals surface area contributed by atoms with Gasteiger partial charge in [0.1, 0.15) is 6.04 Å². The van der Waals surface area contributed by atoms with E-state index >= 15 is 0 Å². The third kappa shape index (κ3) is 4.52. The molecular weight excluding hydrogens is 240 g/mol. The van der Waals surface area contributed by atoms with Crippen molar-refractivity contribution in [1.82, 2.24) is 10.3 Å². The van der Waals surface area contributed by atoms with E-state index in [1.54, 1.807) is 19.4 Å². The fourth-order valence-corrected chi connectivity index (χ4v) is 1.95. The number of nitrogens with zero attached hydrogens (tertiary/aromatic N) is 1. The first-order valence-electron chi connectivity index (χ1n) is 5.40. The maximum absolute atomic E-state index is 11.6. The Morgan fingerprint density at radius 1 is 1.53 bits per heavy atom. The number of carboxylic acid groups (broad SMARTS) is 1. The number of carbonyl (C=O) groups excluding carboxylic acids is 1. The Hall–Kier alpha value is -1.43. The van der Waals surface area contributed by atoms with Crippen molar-refractivity contribution in [2.24, 2.45) is 5.92 Å². The Morgan fingerprint density at radius 3 is 2.71 bits per heavy atom. The van der Waals surface area contributed by atoms with Crippen LogP contribution in [0.2, 0.25) is 0 Å². The molecule has 0 aliphatic carbocycles. The number of hydrogen-bond acceptors (Lipinski definition) is 4. The highest BCUT2D eigenvalue weighted by Crippen LogP contribution is 2.05. The lowest BCUT2D eigenvalue weighted by Crippen LogP contribution is -2.44. The number of hydrogen-bond donors (Lipinski definition) is 2. The molecule has 1 rings (SSSR count). The smallest absolute Gasteiger partial charge is 0.326 e. The molecule has 0 saturated heterocycles. The molecule has 0 spiro atoms. The molecule has 0 fully saturated rings. The average Bonchev–Trinajstić information content (AvgIpc) is 2.74. The standard InChI is InChI=1S/C11H16N2O3S/c1-7(2)10(11(15)16)13-9(14)4-3-8-5-17-6-12-8/h5-7,10H,3-4H2,1-2H3,(H,13,14)(H,15,16)/t10-/m1/s1. The van der Waals surface area contributed by atoms with Gasteiger partial charge in [-0.05, 0) is 12.3 Å². The monoisotopic (exact) mass is 256 g/mol. The quantitative estimate of drug-likeness (QED) is 0.804. The maximum Gasteiger partial charge on any atom is 0.326 e. The molecule has 17 heavy (non-hydrogen) atoms. The van der Waals surface area contributed by atoms with Crippen LogP contribution in [0.5, 0.6) is 0 Å². The molecule has 0 bridgehead atoms. The molecule has 0 aliphatic rings. The van der Waals surface area contributed by atoms with Crippen molar-refractivity contribution in [2.45, 2.75) is 32.7 Å². The predicted molar refractivity (Wildman–Crippen MR) is 64.8 cm³/mol. The summed E-state index contributed by atoms with van der Waals surface area (Å²) in [5, 5.41) is 13.3. The van der Waals surface area contributed by atoms with Crippen LogP contribution < -0.4 is 5.32 Å². The molecule has 5 nitrogen and oxygen atoms in total. The Bertz CT molecular complexity index is 376. The Labute approximate surface area is 104 Å². The molecule has 1 amide bonds. The number of carboxylic acids is 1. The molecule has 0 saturated carbocycles. The summed E-state index contributed by atoms with van der Waals surface area (Å²) in [5.41, 5.74) is 2.57. The van der Waals surface area contributed by atoms with Gasteiger partial charge in [-0.2, -0.15) is 0 Å². The second-order valence-electron chi connectivity index (χ2n) is 4.11. The fraction of sp³-hybridized carbons (Fsp3) is 0.545. The van der Waals surface area contributed by atoms with E-state index in [0.717, 1.165) is 5.69 Å². The van der Waals surface area contributed by atoms with Gasteiger partial charge >= 0.3 is 5.97 Å². The minimum Gasteiger partial charge on any atom is -0.480 e. The van der Waals surface area contributed by atoms with Gasteiger partial charge in [0.25, 0.3) is 0 Å². The maximum atomic E-state index is 11.6. The summed E-state index contributed by atoms with van der Waals surface area (Å²) in [7, 11) is 0. The minimum absolute atomic E-state index is 0.129. The number of amides is 1. The second kappa shape index (κ2) is 6.34. The van der Waals surface area contributed by atoms with Crippen LogP contribution in [-0.4, -0.2) is 28.0 Å². The third-order valence-electron chi connectivity index (χ3n) is 2.34. The number of nitrogens with one attached hydrogen (secondary N) is 1. The van der Waals surface area contributed by atoms with E-state index in [0.29, 0.717) is 6.42 Å². The van der Waals surface area contributed by atoms with Crippen molar-refractivity contribution < 1.29 is 14.7 Å². The number of thiazole rings is 1. The Morgan fingerprint density at radius 2 is 2.24 bits per heavy atom. The first-order chi connectivity index (χ1) is 8.00. The predicted octanol–water partition coefficient (Wildman–Crippen LogP) is 1.30. The number of aliphatic carboxylic acids is 1. The SMILES string of the molecule is CC(C)[C@@H](NC(=O)CCc1cscn1)C(=O)O. The van der Waals surface area contributed by atoms with Crippen LogP contribution in [0.4, 0.5) is 0 Å². The summed E-state index contributed by atoms with van der Waals surface area (Å²) in [5.74, 6) is -1.38. The van der Waals surface area contributed by atoms with Gasteiger partial charge in [-0.3, -0.25) is 4.79 Å². The second-order valence-corrected chi connectivity index (χ2v) is 4.83. The van der Waals surface area contributed by atoms with E-state index in [1.807, 2.05) is 5.38 Å². The number of aryl methyl sites for hydroxylation is 1. The van der Waals surface area contributed by atoms with Crippen LogP contribution in [0.25, 0.3) is 0 Å². The van der Waals surface area contributed by atoms with Gasteiger partial charge in [0.05, 0.1) is 11.2 Å². The number of rotatable bonds is 6. The van der Waals surface area contributed by atoms with Crippen LogP contribution in [0.3, 0.4) is 0 Å². The molecule has 0 unspecified atom stereocenters. The van der Waals surface area contributed by atoms with Gasteiger partial charge in [-0.1, -0.05) is 13.8 Å². The van der Waals surface area contributed by atoms with E-state index in [2.05, 4.69) is 10.3 Å². The van der Waals surface area contributed by atoms with Crippen molar-refractivity contribution in [3.8, 4) is 0 Å². The molecule has 1 atom stereocenters. The van der Waals surface area contributed by atoms with E-state index in [1.165, 1.54) is 11.3 Å². The zero-order valence-electron chi connectivity index (χ0n) is 9.84. The summed E-state index contributed by atoms with van der Waals surface area (Å²) in [6, 6.07) is -0.821. The van der Waals surface area contributed by atoms with Gasteiger partial charge in [-0.25, -0.2) is 9.78 Å². The van der Waals surface area contributed by atoms with Crippen LogP contribution in [0.15, 0.2) is 10.9 Å². The van der Waals surface area contributed by atoms with Crippen molar-refractivity contribution >= 4 is 23.2 Å². The molecule has 1 aromatic heterocycles. The van der Waals surface area contributed by atoms with Crippen molar-refractivity contribution in [3.63, 3.8) is 0 Å². The average molecular weight is 256 g/mol. The number of aromatic nitrogens is 1. The third-order valence-corrected chi connectivity index (χ3v) is 2.98. The summed E-state index contributed by atoms with van der Waals surface area (Å²) in [4.78, 5) is 26.5. The molecule has 0 aliphatic heterocycles. The lowest BCUT2D eigenvalue weighted by molar-refractivity contribution is -0.143. The minimum atomic E-state index is -0.998. The summed E-state index contributed by atoms with van der Waals surface area (Å²) in [6.45, 7) is 3.53. The summed E-state index contributed by atoms with van der Waals surface area (Å²) >= 11 is 1.48. The molecular formula is C11H16N2O3S. The van der Waals surface area contributed by atoms with Crippen LogP contribution in [-0.2, 0) is 16.0 Å². The molecule has 2 N–H and O–H groups in total. The Balaban J connectivity index is 2.40. The Kier molecular flexibility index (Phi) is 5.09. The lowest BCUT2D eigenvalue weighted by atomic mass is 10.0. The summed E-state index contributed by atoms with van der Waals surface area (Å²) < 4.78 is 0.